The molecule has 2 rings (SSSR count). The molecule has 0 saturated carbocycles. The number of ether oxygens (including phenoxy) is 2. The molecule has 1 aliphatic rings. The number of carbonyl (C=O) groups excluding carboxylic acids is 1. The third kappa shape index (κ3) is 1.46. The molecular formula is C12H14O4. The fourth-order valence-corrected chi connectivity index (χ4v) is 2.04. The topological polar surface area (TPSA) is 55.8 Å². The lowest BCUT2D eigenvalue weighted by atomic mass is 10.0. The van der Waals surface area contributed by atoms with Crippen LogP contribution in [0.2, 0.25) is 0 Å². The van der Waals surface area contributed by atoms with Crippen molar-refractivity contribution in [2.45, 2.75) is 18.9 Å². The molecule has 0 radical (unpaired) electrons. The molecule has 16 heavy (non-hydrogen) atoms. The molecule has 1 aromatic carbocycles. The summed E-state index contributed by atoms with van der Waals surface area (Å²) >= 11 is 0. The lowest BCUT2D eigenvalue weighted by molar-refractivity contribution is 0.0459. The first kappa shape index (κ1) is 11.0. The van der Waals surface area contributed by atoms with E-state index >= 15 is 0 Å². The van der Waals surface area contributed by atoms with Crippen molar-refractivity contribution in [1.82, 2.24) is 0 Å². The number of methoxy groups -OCH3 is 2. The summed E-state index contributed by atoms with van der Waals surface area (Å²) in [6, 6.07) is 3.41. The van der Waals surface area contributed by atoms with Gasteiger partial charge in [-0.15, -0.1) is 0 Å². The monoisotopic (exact) mass is 222 g/mol. The summed E-state index contributed by atoms with van der Waals surface area (Å²) < 4.78 is 10.3. The van der Waals surface area contributed by atoms with Crippen LogP contribution in [0.15, 0.2) is 12.1 Å². The van der Waals surface area contributed by atoms with Crippen LogP contribution in [0.25, 0.3) is 0 Å². The molecule has 0 aromatic heterocycles. The van der Waals surface area contributed by atoms with Gasteiger partial charge in [0.15, 0.2) is 5.78 Å². The number of hydrogen-bond acceptors (Lipinski definition) is 4. The Morgan fingerprint density at radius 2 is 2.00 bits per heavy atom. The molecule has 0 amide bonds. The zero-order chi connectivity index (χ0) is 11.9. The molecule has 1 atom stereocenters. The van der Waals surface area contributed by atoms with Crippen LogP contribution < -0.4 is 9.47 Å². The van der Waals surface area contributed by atoms with E-state index in [2.05, 4.69) is 0 Å². The highest BCUT2D eigenvalue weighted by molar-refractivity contribution is 6.08. The highest BCUT2D eigenvalue weighted by Crippen LogP contribution is 2.38. The number of Topliss-reactive ketones (excluding diaryl/α,β-unsaturated/α-hetero) is 1. The van der Waals surface area contributed by atoms with Gasteiger partial charge in [-0.25, -0.2) is 0 Å². The summed E-state index contributed by atoms with van der Waals surface area (Å²) in [7, 11) is 3.05. The molecule has 4 heteroatoms. The van der Waals surface area contributed by atoms with E-state index in [-0.39, 0.29) is 5.78 Å². The minimum Gasteiger partial charge on any atom is -0.497 e. The second-order valence-electron chi connectivity index (χ2n) is 4.14. The molecule has 1 aromatic rings. The van der Waals surface area contributed by atoms with E-state index in [1.54, 1.807) is 19.2 Å². The minimum atomic E-state index is -1.33. The molecule has 1 aliphatic carbocycles. The van der Waals surface area contributed by atoms with Crippen molar-refractivity contribution in [3.05, 3.63) is 23.3 Å². The standard InChI is InChI=1S/C12H14O4/c1-12(14)6-7-4-8(15-2)5-9(16-3)10(7)11(12)13/h4-5,14H,6H2,1-3H3. The highest BCUT2D eigenvalue weighted by Gasteiger charge is 2.42. The average molecular weight is 222 g/mol. The van der Waals surface area contributed by atoms with Crippen LogP contribution in [0, 0.1) is 0 Å². The van der Waals surface area contributed by atoms with E-state index in [0.29, 0.717) is 23.5 Å². The van der Waals surface area contributed by atoms with E-state index < -0.39 is 5.60 Å². The van der Waals surface area contributed by atoms with Crippen LogP contribution in [-0.4, -0.2) is 30.7 Å². The maximum Gasteiger partial charge on any atom is 0.198 e. The number of benzene rings is 1. The van der Waals surface area contributed by atoms with Crippen molar-refractivity contribution in [3.8, 4) is 11.5 Å². The third-order valence-corrected chi connectivity index (χ3v) is 2.86. The zero-order valence-corrected chi connectivity index (χ0v) is 9.53. The molecule has 1 unspecified atom stereocenters. The molecule has 0 fully saturated rings. The van der Waals surface area contributed by atoms with Crippen molar-refractivity contribution < 1.29 is 19.4 Å². The normalized spacial score (nSPS) is 23.1. The van der Waals surface area contributed by atoms with E-state index in [1.807, 2.05) is 0 Å². The van der Waals surface area contributed by atoms with Gasteiger partial charge >= 0.3 is 0 Å². The second-order valence-corrected chi connectivity index (χ2v) is 4.14. The minimum absolute atomic E-state index is 0.290. The third-order valence-electron chi connectivity index (χ3n) is 2.86. The van der Waals surface area contributed by atoms with Gasteiger partial charge in [-0.2, -0.15) is 0 Å². The lowest BCUT2D eigenvalue weighted by Crippen LogP contribution is -2.31. The molecule has 0 saturated heterocycles. The Kier molecular flexibility index (Phi) is 2.39. The van der Waals surface area contributed by atoms with E-state index in [1.165, 1.54) is 14.0 Å². The van der Waals surface area contributed by atoms with Gasteiger partial charge in [0, 0.05) is 12.5 Å². The number of aliphatic hydroxyl groups is 1. The van der Waals surface area contributed by atoms with Gasteiger partial charge in [-0.05, 0) is 18.6 Å². The predicted molar refractivity (Wildman–Crippen MR) is 58.2 cm³/mol. The van der Waals surface area contributed by atoms with Crippen LogP contribution in [0.4, 0.5) is 0 Å². The van der Waals surface area contributed by atoms with Crippen LogP contribution in [0.5, 0.6) is 11.5 Å². The first-order valence-corrected chi connectivity index (χ1v) is 5.01. The van der Waals surface area contributed by atoms with E-state index in [4.69, 9.17) is 9.47 Å². The molecular weight excluding hydrogens is 208 g/mol. The number of fused-ring (bicyclic) bond motifs is 1. The van der Waals surface area contributed by atoms with Crippen molar-refractivity contribution in [3.63, 3.8) is 0 Å². The van der Waals surface area contributed by atoms with Gasteiger partial charge in [0.25, 0.3) is 0 Å². The second kappa shape index (κ2) is 3.49. The average Bonchev–Trinajstić information content (AvgIpc) is 2.48. The van der Waals surface area contributed by atoms with Crippen molar-refractivity contribution in [2.75, 3.05) is 14.2 Å². The number of rotatable bonds is 2. The van der Waals surface area contributed by atoms with Crippen molar-refractivity contribution >= 4 is 5.78 Å². The highest BCUT2D eigenvalue weighted by atomic mass is 16.5. The fourth-order valence-electron chi connectivity index (χ4n) is 2.04. The fraction of sp³-hybridized carbons (Fsp3) is 0.417. The van der Waals surface area contributed by atoms with Gasteiger partial charge in [0.05, 0.1) is 19.8 Å². The summed E-state index contributed by atoms with van der Waals surface area (Å²) in [5.74, 6) is 0.792. The maximum atomic E-state index is 11.9. The summed E-state index contributed by atoms with van der Waals surface area (Å²) in [5.41, 5.74) is -0.0957. The molecule has 86 valence electrons. The Labute approximate surface area is 93.8 Å². The van der Waals surface area contributed by atoms with Crippen molar-refractivity contribution in [2.24, 2.45) is 0 Å². The number of hydrogen-bond donors (Lipinski definition) is 1. The Hall–Kier alpha value is -1.55. The molecule has 0 heterocycles. The van der Waals surface area contributed by atoms with Crippen LogP contribution in [0.1, 0.15) is 22.8 Å². The van der Waals surface area contributed by atoms with Gasteiger partial charge < -0.3 is 14.6 Å². The first-order valence-electron chi connectivity index (χ1n) is 5.01. The van der Waals surface area contributed by atoms with Gasteiger partial charge in [0.1, 0.15) is 17.1 Å². The Balaban J connectivity index is 2.61. The number of carbonyl (C=O) groups is 1. The molecule has 0 spiro atoms. The van der Waals surface area contributed by atoms with Crippen LogP contribution in [-0.2, 0) is 6.42 Å². The van der Waals surface area contributed by atoms with Crippen LogP contribution in [0.3, 0.4) is 0 Å². The zero-order valence-electron chi connectivity index (χ0n) is 9.53. The number of ketones is 1. The van der Waals surface area contributed by atoms with Gasteiger partial charge in [-0.1, -0.05) is 0 Å². The Bertz CT molecular complexity index is 449. The molecule has 4 nitrogen and oxygen atoms in total. The van der Waals surface area contributed by atoms with E-state index in [9.17, 15) is 9.90 Å². The largest absolute Gasteiger partial charge is 0.497 e. The Morgan fingerprint density at radius 1 is 1.31 bits per heavy atom. The summed E-state index contributed by atoms with van der Waals surface area (Å²) in [6.45, 7) is 1.52. The summed E-state index contributed by atoms with van der Waals surface area (Å²) in [4.78, 5) is 11.9. The van der Waals surface area contributed by atoms with E-state index in [0.717, 1.165) is 5.56 Å². The van der Waals surface area contributed by atoms with Gasteiger partial charge in [-0.3, -0.25) is 4.79 Å². The summed E-state index contributed by atoms with van der Waals surface area (Å²) in [6.07, 6.45) is 0.300. The first-order chi connectivity index (χ1) is 7.49. The summed E-state index contributed by atoms with van der Waals surface area (Å²) in [5, 5.41) is 9.92. The quantitative estimate of drug-likeness (QED) is 0.816. The van der Waals surface area contributed by atoms with Gasteiger partial charge in [0.2, 0.25) is 0 Å². The predicted octanol–water partition coefficient (Wildman–Crippen LogP) is 1.19. The van der Waals surface area contributed by atoms with Crippen molar-refractivity contribution in [1.29, 1.82) is 0 Å². The smallest absolute Gasteiger partial charge is 0.198 e. The maximum absolute atomic E-state index is 11.9. The lowest BCUT2D eigenvalue weighted by Gasteiger charge is -2.12. The molecule has 1 N–H and O–H groups in total. The van der Waals surface area contributed by atoms with Crippen LogP contribution >= 0.6 is 0 Å². The Morgan fingerprint density at radius 3 is 2.56 bits per heavy atom. The molecule has 0 bridgehead atoms. The SMILES string of the molecule is COc1cc2c(c(OC)c1)C(=O)C(C)(O)C2. The molecule has 0 aliphatic heterocycles.